The van der Waals surface area contributed by atoms with E-state index in [-0.39, 0.29) is 0 Å². The van der Waals surface area contributed by atoms with Gasteiger partial charge in [-0.15, -0.1) is 0 Å². The van der Waals surface area contributed by atoms with Crippen molar-refractivity contribution in [1.82, 2.24) is 4.90 Å². The summed E-state index contributed by atoms with van der Waals surface area (Å²) in [4.78, 5) is 2.67. The van der Waals surface area contributed by atoms with Crippen molar-refractivity contribution in [2.24, 2.45) is 17.8 Å². The lowest BCUT2D eigenvalue weighted by atomic mass is 9.80. The summed E-state index contributed by atoms with van der Waals surface area (Å²) < 4.78 is 10.6. The quantitative estimate of drug-likeness (QED) is 0.727. The maximum atomic E-state index is 5.36. The second-order valence-electron chi connectivity index (χ2n) is 6.26. The average molecular weight is 255 g/mol. The maximum absolute atomic E-state index is 5.36. The zero-order valence-corrected chi connectivity index (χ0v) is 12.2. The van der Waals surface area contributed by atoms with Gasteiger partial charge in [0.2, 0.25) is 0 Å². The molecular weight excluding hydrogens is 226 g/mol. The van der Waals surface area contributed by atoms with Crippen LogP contribution < -0.4 is 0 Å². The first kappa shape index (κ1) is 14.3. The average Bonchev–Trinajstić information content (AvgIpc) is 2.32. The molecule has 2 fully saturated rings. The van der Waals surface area contributed by atoms with E-state index in [1.54, 1.807) is 0 Å². The highest BCUT2D eigenvalue weighted by atomic mass is 16.5. The molecule has 3 nitrogen and oxygen atoms in total. The molecule has 0 radical (unpaired) electrons. The molecule has 1 saturated carbocycles. The fraction of sp³-hybridized carbons (Fsp3) is 1.00. The van der Waals surface area contributed by atoms with Gasteiger partial charge in [0.05, 0.1) is 6.10 Å². The second-order valence-corrected chi connectivity index (χ2v) is 6.26. The normalized spacial score (nSPS) is 37.5. The number of piperidine rings is 1. The number of hydrogen-bond acceptors (Lipinski definition) is 3. The highest BCUT2D eigenvalue weighted by molar-refractivity contribution is 4.85. The van der Waals surface area contributed by atoms with Crippen molar-refractivity contribution in [3.05, 3.63) is 0 Å². The molecule has 0 aromatic rings. The molecule has 0 unspecified atom stereocenters. The predicted molar refractivity (Wildman–Crippen MR) is 73.7 cm³/mol. The Morgan fingerprint density at radius 2 is 2.00 bits per heavy atom. The maximum Gasteiger partial charge on any atom is 0.0577 e. The lowest BCUT2D eigenvalue weighted by Gasteiger charge is -2.42. The standard InChI is InChI=1S/C15H29NO2/c1-12-10-16(6-4-14(12)5-7-17-2)11-13-8-15(9-13)18-3/h12-15H,4-11H2,1-3H3/t12-,13?,14-,15?/m1/s1. The Kier molecular flexibility index (Phi) is 5.46. The van der Waals surface area contributed by atoms with Crippen LogP contribution in [0.5, 0.6) is 0 Å². The van der Waals surface area contributed by atoms with Gasteiger partial charge in [0, 0.05) is 33.9 Å². The summed E-state index contributed by atoms with van der Waals surface area (Å²) in [5.41, 5.74) is 0. The summed E-state index contributed by atoms with van der Waals surface area (Å²) in [5.74, 6) is 2.58. The third-order valence-corrected chi connectivity index (χ3v) is 4.90. The van der Waals surface area contributed by atoms with Crippen molar-refractivity contribution in [1.29, 1.82) is 0 Å². The number of rotatable bonds is 6. The first-order valence-corrected chi connectivity index (χ1v) is 7.47. The molecule has 1 aliphatic heterocycles. The molecule has 2 aliphatic rings. The van der Waals surface area contributed by atoms with E-state index in [9.17, 15) is 0 Å². The lowest BCUT2D eigenvalue weighted by Crippen LogP contribution is -2.45. The summed E-state index contributed by atoms with van der Waals surface area (Å²) >= 11 is 0. The Bertz CT molecular complexity index is 241. The largest absolute Gasteiger partial charge is 0.385 e. The van der Waals surface area contributed by atoms with Crippen LogP contribution in [0.1, 0.15) is 32.6 Å². The van der Waals surface area contributed by atoms with Crippen LogP contribution >= 0.6 is 0 Å². The van der Waals surface area contributed by atoms with Crippen LogP contribution in [0.15, 0.2) is 0 Å². The van der Waals surface area contributed by atoms with E-state index >= 15 is 0 Å². The molecular formula is C15H29NO2. The van der Waals surface area contributed by atoms with Gasteiger partial charge < -0.3 is 14.4 Å². The number of hydrogen-bond donors (Lipinski definition) is 0. The van der Waals surface area contributed by atoms with Gasteiger partial charge in [0.1, 0.15) is 0 Å². The van der Waals surface area contributed by atoms with Crippen molar-refractivity contribution in [2.45, 2.75) is 38.7 Å². The molecule has 0 aromatic carbocycles. The van der Waals surface area contributed by atoms with Gasteiger partial charge in [-0.3, -0.25) is 0 Å². The van der Waals surface area contributed by atoms with E-state index < -0.39 is 0 Å². The summed E-state index contributed by atoms with van der Waals surface area (Å²) in [6.07, 6.45) is 5.68. The predicted octanol–water partition coefficient (Wildman–Crippen LogP) is 2.41. The molecule has 2 atom stereocenters. The summed E-state index contributed by atoms with van der Waals surface area (Å²) in [5, 5.41) is 0. The first-order valence-electron chi connectivity index (χ1n) is 7.47. The minimum Gasteiger partial charge on any atom is -0.385 e. The molecule has 18 heavy (non-hydrogen) atoms. The molecule has 3 heteroatoms. The van der Waals surface area contributed by atoms with Gasteiger partial charge in [0.25, 0.3) is 0 Å². The van der Waals surface area contributed by atoms with Crippen molar-refractivity contribution in [3.8, 4) is 0 Å². The van der Waals surface area contributed by atoms with Crippen LogP contribution in [0, 0.1) is 17.8 Å². The number of methoxy groups -OCH3 is 2. The van der Waals surface area contributed by atoms with E-state index in [0.29, 0.717) is 6.10 Å². The van der Waals surface area contributed by atoms with Crippen molar-refractivity contribution >= 4 is 0 Å². The monoisotopic (exact) mass is 255 g/mol. The Morgan fingerprint density at radius 1 is 1.22 bits per heavy atom. The van der Waals surface area contributed by atoms with E-state index in [1.165, 1.54) is 45.3 Å². The topological polar surface area (TPSA) is 21.7 Å². The van der Waals surface area contributed by atoms with Crippen LogP contribution in [0.4, 0.5) is 0 Å². The van der Waals surface area contributed by atoms with Crippen LogP contribution in [0.25, 0.3) is 0 Å². The Hall–Kier alpha value is -0.120. The SMILES string of the molecule is COCC[C@H]1CCN(CC2CC(OC)C2)C[C@H]1C. The summed E-state index contributed by atoms with van der Waals surface area (Å²) in [6.45, 7) is 7.19. The Balaban J connectivity index is 1.65. The minimum atomic E-state index is 0.548. The Morgan fingerprint density at radius 3 is 2.61 bits per heavy atom. The Labute approximate surface area is 112 Å². The first-order chi connectivity index (χ1) is 8.72. The highest BCUT2D eigenvalue weighted by Crippen LogP contribution is 2.32. The number of nitrogens with zero attached hydrogens (tertiary/aromatic N) is 1. The van der Waals surface area contributed by atoms with E-state index in [1.807, 2.05) is 14.2 Å². The highest BCUT2D eigenvalue weighted by Gasteiger charge is 2.32. The fourth-order valence-corrected chi connectivity index (χ4v) is 3.53. The molecule has 0 aromatic heterocycles. The van der Waals surface area contributed by atoms with E-state index in [2.05, 4.69) is 11.8 Å². The molecule has 1 heterocycles. The van der Waals surface area contributed by atoms with Crippen LogP contribution in [-0.4, -0.2) is 51.5 Å². The molecule has 0 amide bonds. The molecule has 1 aliphatic carbocycles. The number of likely N-dealkylation sites (tertiary alicyclic amines) is 1. The molecule has 0 bridgehead atoms. The van der Waals surface area contributed by atoms with Gasteiger partial charge in [-0.1, -0.05) is 6.92 Å². The number of ether oxygens (including phenoxy) is 2. The zero-order chi connectivity index (χ0) is 13.0. The summed E-state index contributed by atoms with van der Waals surface area (Å²) in [6, 6.07) is 0. The fourth-order valence-electron chi connectivity index (χ4n) is 3.53. The molecule has 1 saturated heterocycles. The molecule has 2 rings (SSSR count). The minimum absolute atomic E-state index is 0.548. The van der Waals surface area contributed by atoms with Crippen molar-refractivity contribution < 1.29 is 9.47 Å². The third kappa shape index (κ3) is 3.69. The molecule has 0 N–H and O–H groups in total. The zero-order valence-electron chi connectivity index (χ0n) is 12.2. The lowest BCUT2D eigenvalue weighted by molar-refractivity contribution is -0.0186. The van der Waals surface area contributed by atoms with Gasteiger partial charge in [-0.2, -0.15) is 0 Å². The van der Waals surface area contributed by atoms with Crippen LogP contribution in [0.3, 0.4) is 0 Å². The van der Waals surface area contributed by atoms with Crippen molar-refractivity contribution in [2.75, 3.05) is 40.5 Å². The van der Waals surface area contributed by atoms with Crippen molar-refractivity contribution in [3.63, 3.8) is 0 Å². The summed E-state index contributed by atoms with van der Waals surface area (Å²) in [7, 11) is 3.65. The van der Waals surface area contributed by atoms with E-state index in [4.69, 9.17) is 9.47 Å². The van der Waals surface area contributed by atoms with E-state index in [0.717, 1.165) is 24.4 Å². The smallest absolute Gasteiger partial charge is 0.0577 e. The van der Waals surface area contributed by atoms with Gasteiger partial charge in [-0.05, 0) is 50.0 Å². The molecule has 106 valence electrons. The third-order valence-electron chi connectivity index (χ3n) is 4.90. The van der Waals surface area contributed by atoms with Gasteiger partial charge in [0.15, 0.2) is 0 Å². The van der Waals surface area contributed by atoms with Crippen LogP contribution in [0.2, 0.25) is 0 Å². The second kappa shape index (κ2) is 6.88. The van der Waals surface area contributed by atoms with Gasteiger partial charge >= 0.3 is 0 Å². The molecule has 0 spiro atoms. The van der Waals surface area contributed by atoms with Crippen LogP contribution in [-0.2, 0) is 9.47 Å². The van der Waals surface area contributed by atoms with Gasteiger partial charge in [-0.25, -0.2) is 0 Å².